The summed E-state index contributed by atoms with van der Waals surface area (Å²) in [5.74, 6) is -0.844. The highest BCUT2D eigenvalue weighted by molar-refractivity contribution is 5.70. The Balaban J connectivity index is 1.91. The molecule has 0 atom stereocenters. The van der Waals surface area contributed by atoms with E-state index in [-0.39, 0.29) is 11.5 Å². The lowest BCUT2D eigenvalue weighted by molar-refractivity contribution is -0.315. The van der Waals surface area contributed by atoms with Crippen LogP contribution < -0.4 is 0 Å². The Labute approximate surface area is 76.8 Å². The quantitative estimate of drug-likeness (QED) is 0.628. The highest BCUT2D eigenvalue weighted by Gasteiger charge is 2.42. The highest BCUT2D eigenvalue weighted by Crippen LogP contribution is 2.40. The molecule has 0 aromatic carbocycles. The molecule has 2 aliphatic rings. The third-order valence-corrected chi connectivity index (χ3v) is 3.12. The summed E-state index contributed by atoms with van der Waals surface area (Å²) in [5, 5.41) is 8.80. The van der Waals surface area contributed by atoms with Crippen molar-refractivity contribution >= 4 is 5.97 Å². The van der Waals surface area contributed by atoms with Crippen LogP contribution in [0.1, 0.15) is 32.1 Å². The third kappa shape index (κ3) is 1.69. The molecule has 0 aromatic heterocycles. The lowest BCUT2D eigenvalue weighted by Gasteiger charge is -2.32. The van der Waals surface area contributed by atoms with E-state index in [4.69, 9.17) is 14.9 Å². The number of aliphatic carboxylic acids is 1. The second-order valence-electron chi connectivity index (χ2n) is 3.95. The topological polar surface area (TPSA) is 55.8 Å². The molecule has 1 aliphatic heterocycles. The van der Waals surface area contributed by atoms with Gasteiger partial charge in [-0.15, -0.1) is 0 Å². The summed E-state index contributed by atoms with van der Waals surface area (Å²) >= 11 is 0. The van der Waals surface area contributed by atoms with Gasteiger partial charge in [-0.1, -0.05) is 0 Å². The van der Waals surface area contributed by atoms with Crippen molar-refractivity contribution in [2.75, 3.05) is 6.61 Å². The number of carboxylic acids is 1. The fourth-order valence-electron chi connectivity index (χ4n) is 2.16. The highest BCUT2D eigenvalue weighted by atomic mass is 17.2. The van der Waals surface area contributed by atoms with Crippen LogP contribution in [0.25, 0.3) is 0 Å². The molecule has 1 saturated heterocycles. The second kappa shape index (κ2) is 3.27. The molecule has 0 bridgehead atoms. The summed E-state index contributed by atoms with van der Waals surface area (Å²) < 4.78 is 0. The van der Waals surface area contributed by atoms with Crippen LogP contribution in [0.2, 0.25) is 0 Å². The van der Waals surface area contributed by atoms with E-state index in [1.165, 1.54) is 0 Å². The minimum Gasteiger partial charge on any atom is -0.481 e. The zero-order valence-corrected chi connectivity index (χ0v) is 7.49. The molecule has 13 heavy (non-hydrogen) atoms. The van der Waals surface area contributed by atoms with Crippen molar-refractivity contribution in [2.45, 2.75) is 37.7 Å². The smallest absolute Gasteiger partial charge is 0.306 e. The van der Waals surface area contributed by atoms with E-state index in [0.717, 1.165) is 32.1 Å². The van der Waals surface area contributed by atoms with Gasteiger partial charge < -0.3 is 5.11 Å². The Hall–Kier alpha value is -0.610. The fraction of sp³-hybridized carbons (Fsp3) is 0.889. The number of hydrogen-bond donors (Lipinski definition) is 1. The predicted molar refractivity (Wildman–Crippen MR) is 44.0 cm³/mol. The molecule has 1 heterocycles. The van der Waals surface area contributed by atoms with Crippen LogP contribution in [0.15, 0.2) is 0 Å². The van der Waals surface area contributed by atoms with Crippen LogP contribution >= 0.6 is 0 Å². The minimum absolute atomic E-state index is 0.147. The number of carboxylic acid groups (broad SMARTS) is 1. The Bertz CT molecular complexity index is 198. The van der Waals surface area contributed by atoms with E-state index in [2.05, 4.69) is 0 Å². The molecule has 1 spiro atoms. The molecule has 2 fully saturated rings. The first-order valence-electron chi connectivity index (χ1n) is 4.75. The molecule has 0 aromatic rings. The van der Waals surface area contributed by atoms with Crippen LogP contribution in [0, 0.1) is 5.92 Å². The maximum atomic E-state index is 10.7. The number of rotatable bonds is 1. The van der Waals surface area contributed by atoms with E-state index >= 15 is 0 Å². The van der Waals surface area contributed by atoms with Crippen molar-refractivity contribution in [3.8, 4) is 0 Å². The van der Waals surface area contributed by atoms with Gasteiger partial charge in [-0.2, -0.15) is 0 Å². The molecule has 74 valence electrons. The monoisotopic (exact) mass is 186 g/mol. The Kier molecular flexibility index (Phi) is 2.26. The van der Waals surface area contributed by atoms with Crippen molar-refractivity contribution in [1.82, 2.24) is 0 Å². The third-order valence-electron chi connectivity index (χ3n) is 3.12. The van der Waals surface area contributed by atoms with Gasteiger partial charge in [0.2, 0.25) is 0 Å². The molecule has 4 heteroatoms. The Morgan fingerprint density at radius 2 is 2.00 bits per heavy atom. The van der Waals surface area contributed by atoms with Crippen LogP contribution in [0.3, 0.4) is 0 Å². The fourth-order valence-corrected chi connectivity index (χ4v) is 2.16. The SMILES string of the molecule is O=C(O)C1CCC2(CCOO2)CC1. The molecular formula is C9H14O4. The zero-order chi connectivity index (χ0) is 9.31. The predicted octanol–water partition coefficient (Wildman–Crippen LogP) is 1.35. The average Bonchev–Trinajstić information content (AvgIpc) is 2.54. The van der Waals surface area contributed by atoms with Gasteiger partial charge in [0.1, 0.15) is 5.60 Å². The van der Waals surface area contributed by atoms with Crippen molar-refractivity contribution in [3.05, 3.63) is 0 Å². The first-order chi connectivity index (χ1) is 6.22. The van der Waals surface area contributed by atoms with Gasteiger partial charge in [0.05, 0.1) is 12.5 Å². The molecule has 1 N–H and O–H groups in total. The van der Waals surface area contributed by atoms with E-state index < -0.39 is 5.97 Å². The molecule has 1 aliphatic carbocycles. The maximum Gasteiger partial charge on any atom is 0.306 e. The average molecular weight is 186 g/mol. The summed E-state index contributed by atoms with van der Waals surface area (Å²) in [6, 6.07) is 0. The lowest BCUT2D eigenvalue weighted by Crippen LogP contribution is -2.35. The van der Waals surface area contributed by atoms with Crippen LogP contribution in [0.4, 0.5) is 0 Å². The lowest BCUT2D eigenvalue weighted by atomic mass is 9.77. The van der Waals surface area contributed by atoms with Crippen molar-refractivity contribution < 1.29 is 19.7 Å². The Morgan fingerprint density at radius 3 is 2.46 bits per heavy atom. The molecular weight excluding hydrogens is 172 g/mol. The van der Waals surface area contributed by atoms with Gasteiger partial charge in [-0.3, -0.25) is 4.79 Å². The molecule has 1 saturated carbocycles. The van der Waals surface area contributed by atoms with Gasteiger partial charge in [0, 0.05) is 6.42 Å². The second-order valence-corrected chi connectivity index (χ2v) is 3.95. The van der Waals surface area contributed by atoms with Crippen LogP contribution in [-0.4, -0.2) is 23.3 Å². The number of carbonyl (C=O) groups is 1. The summed E-state index contributed by atoms with van der Waals surface area (Å²) in [7, 11) is 0. The normalized spacial score (nSPS) is 39.5. The zero-order valence-electron chi connectivity index (χ0n) is 7.49. The van der Waals surface area contributed by atoms with Gasteiger partial charge in [-0.05, 0) is 25.7 Å². The Morgan fingerprint density at radius 1 is 1.31 bits per heavy atom. The van der Waals surface area contributed by atoms with Gasteiger partial charge >= 0.3 is 5.97 Å². The largest absolute Gasteiger partial charge is 0.481 e. The summed E-state index contributed by atoms with van der Waals surface area (Å²) in [4.78, 5) is 20.8. The van der Waals surface area contributed by atoms with Crippen molar-refractivity contribution in [2.24, 2.45) is 5.92 Å². The molecule has 4 nitrogen and oxygen atoms in total. The summed E-state index contributed by atoms with van der Waals surface area (Å²) in [6.07, 6.45) is 4.00. The summed E-state index contributed by atoms with van der Waals surface area (Å²) in [5.41, 5.74) is -0.147. The van der Waals surface area contributed by atoms with E-state index in [0.29, 0.717) is 6.61 Å². The van der Waals surface area contributed by atoms with Crippen LogP contribution in [-0.2, 0) is 14.6 Å². The van der Waals surface area contributed by atoms with E-state index in [1.54, 1.807) is 0 Å². The first kappa shape index (κ1) is 8.97. The van der Waals surface area contributed by atoms with Gasteiger partial charge in [0.25, 0.3) is 0 Å². The molecule has 0 amide bonds. The van der Waals surface area contributed by atoms with Gasteiger partial charge in [-0.25, -0.2) is 9.78 Å². The van der Waals surface area contributed by atoms with Crippen molar-refractivity contribution in [1.29, 1.82) is 0 Å². The van der Waals surface area contributed by atoms with Gasteiger partial charge in [0.15, 0.2) is 0 Å². The summed E-state index contributed by atoms with van der Waals surface area (Å²) in [6.45, 7) is 0.651. The standard InChI is InChI=1S/C9H14O4/c10-8(11)7-1-3-9(4-2-7)5-6-12-13-9/h7H,1-6H2,(H,10,11). The minimum atomic E-state index is -0.672. The first-order valence-corrected chi connectivity index (χ1v) is 4.75. The van der Waals surface area contributed by atoms with Crippen molar-refractivity contribution in [3.63, 3.8) is 0 Å². The van der Waals surface area contributed by atoms with E-state index in [9.17, 15) is 4.79 Å². The molecule has 0 unspecified atom stereocenters. The molecule has 2 rings (SSSR count). The van der Waals surface area contributed by atoms with Crippen LogP contribution in [0.5, 0.6) is 0 Å². The maximum absolute atomic E-state index is 10.7. The molecule has 0 radical (unpaired) electrons. The van der Waals surface area contributed by atoms with E-state index in [1.807, 2.05) is 0 Å². The number of hydrogen-bond acceptors (Lipinski definition) is 3.